The van der Waals surface area contributed by atoms with E-state index in [4.69, 9.17) is 9.73 Å². The van der Waals surface area contributed by atoms with Gasteiger partial charge in [-0.1, -0.05) is 19.1 Å². The van der Waals surface area contributed by atoms with Crippen LogP contribution in [0.25, 0.3) is 0 Å². The number of rotatable bonds is 11. The van der Waals surface area contributed by atoms with Gasteiger partial charge in [-0.3, -0.25) is 4.79 Å². The van der Waals surface area contributed by atoms with Gasteiger partial charge in [0.1, 0.15) is 0 Å². The molecule has 158 valence electrons. The lowest BCUT2D eigenvalue weighted by molar-refractivity contribution is -0.116. The Labute approximate surface area is 186 Å². The largest absolute Gasteiger partial charge is 0.379 e. The zero-order chi connectivity index (χ0) is 19.5. The maximum absolute atomic E-state index is 11.8. The second-order valence-electron chi connectivity index (χ2n) is 7.11. The van der Waals surface area contributed by atoms with Crippen LogP contribution in [-0.4, -0.2) is 50.1 Å². The van der Waals surface area contributed by atoms with Gasteiger partial charge in [0.15, 0.2) is 5.96 Å². The second-order valence-corrected chi connectivity index (χ2v) is 7.11. The summed E-state index contributed by atoms with van der Waals surface area (Å²) in [5.41, 5.74) is 1.89. The number of carbonyl (C=O) groups excluding carboxylic acids is 1. The molecule has 1 aliphatic carbocycles. The van der Waals surface area contributed by atoms with Crippen LogP contribution >= 0.6 is 24.0 Å². The fourth-order valence-electron chi connectivity index (χ4n) is 2.68. The Hall–Kier alpha value is -1.35. The first-order valence-corrected chi connectivity index (χ1v) is 10.1. The predicted molar refractivity (Wildman–Crippen MR) is 126 cm³/mol. The van der Waals surface area contributed by atoms with E-state index in [1.807, 2.05) is 38.2 Å². The van der Waals surface area contributed by atoms with Gasteiger partial charge in [-0.2, -0.15) is 0 Å². The molecule has 2 N–H and O–H groups in total. The summed E-state index contributed by atoms with van der Waals surface area (Å²) < 4.78 is 5.73. The number of nitrogens with zero attached hydrogens (tertiary/aromatic N) is 2. The van der Waals surface area contributed by atoms with Gasteiger partial charge in [0.2, 0.25) is 5.91 Å². The number of carbonyl (C=O) groups is 1. The lowest BCUT2D eigenvalue weighted by atomic mass is 10.2. The topological polar surface area (TPSA) is 66.0 Å². The number of likely N-dealkylation sites (N-methyl/N-ethyl adjacent to an activating group) is 1. The number of hydrogen-bond acceptors (Lipinski definition) is 3. The highest BCUT2D eigenvalue weighted by Crippen LogP contribution is 2.28. The maximum atomic E-state index is 11.8. The van der Waals surface area contributed by atoms with Crippen molar-refractivity contribution < 1.29 is 9.53 Å². The van der Waals surface area contributed by atoms with Crippen molar-refractivity contribution in [2.45, 2.75) is 46.1 Å². The highest BCUT2D eigenvalue weighted by Gasteiger charge is 2.21. The smallest absolute Gasteiger partial charge is 0.224 e. The number of amides is 1. The molecule has 0 aromatic heterocycles. The van der Waals surface area contributed by atoms with Crippen molar-refractivity contribution in [2.75, 3.05) is 38.7 Å². The molecule has 0 heterocycles. The highest BCUT2D eigenvalue weighted by molar-refractivity contribution is 14.0. The minimum atomic E-state index is 0. The average Bonchev–Trinajstić information content (AvgIpc) is 3.47. The molecule has 0 bridgehead atoms. The number of guanidine groups is 1. The van der Waals surface area contributed by atoms with E-state index in [1.165, 1.54) is 12.8 Å². The third-order valence-corrected chi connectivity index (χ3v) is 4.42. The van der Waals surface area contributed by atoms with Crippen molar-refractivity contribution in [1.29, 1.82) is 0 Å². The van der Waals surface area contributed by atoms with Crippen molar-refractivity contribution in [3.8, 4) is 0 Å². The molecular weight excluding hydrogens is 467 g/mol. The van der Waals surface area contributed by atoms with E-state index in [9.17, 15) is 4.79 Å². The molecule has 0 radical (unpaired) electrons. The number of nitrogens with one attached hydrogen (secondary N) is 2. The van der Waals surface area contributed by atoms with Crippen LogP contribution in [0, 0.1) is 5.92 Å². The minimum Gasteiger partial charge on any atom is -0.379 e. The number of anilines is 1. The summed E-state index contributed by atoms with van der Waals surface area (Å²) in [6.45, 7) is 7.86. The maximum Gasteiger partial charge on any atom is 0.224 e. The summed E-state index contributed by atoms with van der Waals surface area (Å²) in [6, 6.07) is 7.88. The van der Waals surface area contributed by atoms with Crippen molar-refractivity contribution >= 4 is 41.5 Å². The van der Waals surface area contributed by atoms with E-state index in [0.29, 0.717) is 13.0 Å². The van der Waals surface area contributed by atoms with E-state index >= 15 is 0 Å². The van der Waals surface area contributed by atoms with Gasteiger partial charge in [-0.05, 0) is 49.8 Å². The monoisotopic (exact) mass is 502 g/mol. The molecule has 0 unspecified atom stereocenters. The van der Waals surface area contributed by atoms with Gasteiger partial charge < -0.3 is 20.3 Å². The van der Waals surface area contributed by atoms with Gasteiger partial charge in [0.05, 0.1) is 13.2 Å². The lowest BCUT2D eigenvalue weighted by Gasteiger charge is -2.22. The zero-order valence-electron chi connectivity index (χ0n) is 17.4. The van der Waals surface area contributed by atoms with Crippen LogP contribution in [-0.2, 0) is 16.1 Å². The molecule has 0 aliphatic heterocycles. The Bertz CT molecular complexity index is 620. The van der Waals surface area contributed by atoms with Crippen LogP contribution in [0.5, 0.6) is 0 Å². The molecular formula is C21H35IN4O2. The fraction of sp³-hybridized carbons (Fsp3) is 0.619. The van der Waals surface area contributed by atoms with Crippen molar-refractivity contribution in [1.82, 2.24) is 10.2 Å². The third-order valence-electron chi connectivity index (χ3n) is 4.42. The van der Waals surface area contributed by atoms with Crippen LogP contribution in [0.15, 0.2) is 29.3 Å². The molecule has 6 nitrogen and oxygen atoms in total. The molecule has 1 amide bonds. The highest BCUT2D eigenvalue weighted by atomic mass is 127. The van der Waals surface area contributed by atoms with Crippen LogP contribution in [0.3, 0.4) is 0 Å². The lowest BCUT2D eigenvalue weighted by Crippen LogP contribution is -2.40. The third kappa shape index (κ3) is 9.73. The van der Waals surface area contributed by atoms with Gasteiger partial charge >= 0.3 is 0 Å². The van der Waals surface area contributed by atoms with Crippen molar-refractivity contribution in [3.05, 3.63) is 29.8 Å². The predicted octanol–water partition coefficient (Wildman–Crippen LogP) is 3.87. The van der Waals surface area contributed by atoms with Crippen LogP contribution < -0.4 is 10.6 Å². The Morgan fingerprint density at radius 1 is 1.32 bits per heavy atom. The minimum absolute atomic E-state index is 0. The molecule has 1 aromatic carbocycles. The fourth-order valence-corrected chi connectivity index (χ4v) is 2.68. The molecule has 1 fully saturated rings. The van der Waals surface area contributed by atoms with Crippen LogP contribution in [0.1, 0.15) is 45.1 Å². The quantitative estimate of drug-likeness (QED) is 0.209. The van der Waals surface area contributed by atoms with Crippen molar-refractivity contribution in [2.24, 2.45) is 10.9 Å². The molecule has 1 aliphatic rings. The summed E-state index contributed by atoms with van der Waals surface area (Å²) in [6.07, 6.45) is 4.02. The van der Waals surface area contributed by atoms with E-state index in [1.54, 1.807) is 0 Å². The Kier molecular flexibility index (Phi) is 12.1. The number of aliphatic imine (C=N–C) groups is 1. The normalized spacial score (nSPS) is 13.6. The van der Waals surface area contributed by atoms with Crippen LogP contribution in [0.4, 0.5) is 5.69 Å². The SMILES string of the molecule is CCCC(=O)Nc1cccc(CN=C(NCC)N(C)CCOCC2CC2)c1.I. The number of halogens is 1. The summed E-state index contributed by atoms with van der Waals surface area (Å²) in [5, 5.41) is 6.27. The van der Waals surface area contributed by atoms with Crippen LogP contribution in [0.2, 0.25) is 0 Å². The molecule has 2 rings (SSSR count). The molecule has 1 saturated carbocycles. The molecule has 1 aromatic rings. The Morgan fingerprint density at radius 2 is 2.11 bits per heavy atom. The first-order valence-electron chi connectivity index (χ1n) is 10.1. The van der Waals surface area contributed by atoms with E-state index in [-0.39, 0.29) is 29.9 Å². The number of benzene rings is 1. The van der Waals surface area contributed by atoms with Gasteiger partial charge in [0, 0.05) is 38.9 Å². The summed E-state index contributed by atoms with van der Waals surface area (Å²) in [5.74, 6) is 1.72. The van der Waals surface area contributed by atoms with E-state index < -0.39 is 0 Å². The van der Waals surface area contributed by atoms with Gasteiger partial charge in [0.25, 0.3) is 0 Å². The van der Waals surface area contributed by atoms with Crippen molar-refractivity contribution in [3.63, 3.8) is 0 Å². The Balaban J connectivity index is 0.00000392. The Morgan fingerprint density at radius 3 is 2.79 bits per heavy atom. The van der Waals surface area contributed by atoms with Gasteiger partial charge in [-0.15, -0.1) is 24.0 Å². The second kappa shape index (κ2) is 13.8. The zero-order valence-corrected chi connectivity index (χ0v) is 19.7. The molecule has 0 spiro atoms. The molecule has 0 saturated heterocycles. The van der Waals surface area contributed by atoms with E-state index in [2.05, 4.69) is 22.5 Å². The number of hydrogen-bond donors (Lipinski definition) is 2. The first-order chi connectivity index (χ1) is 13.1. The summed E-state index contributed by atoms with van der Waals surface area (Å²) in [4.78, 5) is 18.6. The number of ether oxygens (including phenoxy) is 1. The molecule has 7 heteroatoms. The molecule has 0 atom stereocenters. The average molecular weight is 502 g/mol. The molecule has 28 heavy (non-hydrogen) atoms. The van der Waals surface area contributed by atoms with Gasteiger partial charge in [-0.25, -0.2) is 4.99 Å². The summed E-state index contributed by atoms with van der Waals surface area (Å²) in [7, 11) is 2.03. The first kappa shape index (κ1) is 24.7. The van der Waals surface area contributed by atoms with E-state index in [0.717, 1.165) is 55.9 Å². The summed E-state index contributed by atoms with van der Waals surface area (Å²) >= 11 is 0. The standard InChI is InChI=1S/C21H34N4O2.HI/c1-4-7-20(26)24-19-9-6-8-18(14-19)15-23-21(22-5-2)25(3)12-13-27-16-17-10-11-17;/h6,8-9,14,17H,4-5,7,10-13,15-16H2,1-3H3,(H,22,23)(H,24,26);1H.